The van der Waals surface area contributed by atoms with Crippen molar-refractivity contribution in [3.8, 4) is 0 Å². The van der Waals surface area contributed by atoms with Crippen LogP contribution in [0.1, 0.15) is 0 Å². The lowest BCUT2D eigenvalue weighted by atomic mass is 10.5. The zero-order valence-electron chi connectivity index (χ0n) is 3.98. The Labute approximate surface area is 37.8 Å². The molecule has 36 valence electrons. The van der Waals surface area contributed by atoms with E-state index < -0.39 is 0 Å². The van der Waals surface area contributed by atoms with Crippen LogP contribution in [0.3, 0.4) is 0 Å². The largest absolute Gasteiger partial charge is 0.354 e. The molecule has 0 aliphatic rings. The van der Waals surface area contributed by atoms with Crippen molar-refractivity contribution in [1.29, 1.82) is 0 Å². The van der Waals surface area contributed by atoms with Crippen molar-refractivity contribution in [2.75, 3.05) is 13.1 Å². The quantitative estimate of drug-likeness (QED) is 0.368. The first-order valence-electron chi connectivity index (χ1n) is 2.15. The minimum absolute atomic E-state index is 0.884. The molecule has 0 unspecified atom stereocenters. The maximum atomic E-state index is 3.61. The van der Waals surface area contributed by atoms with E-state index in [2.05, 4.69) is 11.5 Å². The second kappa shape index (κ2) is 4.66. The molecule has 6 heavy (non-hydrogen) atoms. The van der Waals surface area contributed by atoms with Gasteiger partial charge in [0, 0.05) is 0 Å². The third-order valence-corrected chi connectivity index (χ3v) is 0.500. The minimum atomic E-state index is 0.884. The van der Waals surface area contributed by atoms with Gasteiger partial charge in [0.05, 0.1) is 13.1 Å². The van der Waals surface area contributed by atoms with Gasteiger partial charge < -0.3 is 11.5 Å². The van der Waals surface area contributed by atoms with E-state index in [1.165, 1.54) is 0 Å². The predicted octanol–water partition coefficient (Wildman–Crippen LogP) is -1.97. The molecule has 2 nitrogen and oxygen atoms in total. The predicted molar refractivity (Wildman–Crippen MR) is 24.7 cm³/mol. The van der Waals surface area contributed by atoms with Gasteiger partial charge >= 0.3 is 0 Å². The van der Waals surface area contributed by atoms with Gasteiger partial charge in [0.1, 0.15) is 0 Å². The summed E-state index contributed by atoms with van der Waals surface area (Å²) >= 11 is 0. The summed E-state index contributed by atoms with van der Waals surface area (Å²) in [5.74, 6) is 0. The number of rotatable bonds is 2. The van der Waals surface area contributed by atoms with Gasteiger partial charge in [-0.1, -0.05) is 0 Å². The third kappa shape index (κ3) is 3.66. The molecule has 0 radical (unpaired) electrons. The summed E-state index contributed by atoms with van der Waals surface area (Å²) in [6.07, 6.45) is 4.01. The molecule has 0 aromatic carbocycles. The molecule has 0 heterocycles. The summed E-state index contributed by atoms with van der Waals surface area (Å²) < 4.78 is 0. The van der Waals surface area contributed by atoms with Crippen molar-refractivity contribution in [1.82, 2.24) is 0 Å². The minimum Gasteiger partial charge on any atom is -0.354 e. The van der Waals surface area contributed by atoms with Crippen LogP contribution < -0.4 is 11.5 Å². The maximum Gasteiger partial charge on any atom is 0.0929 e. The standard InChI is InChI=1S/C4H10N2/c5-3-1-2-4-6/h1-2H,3-6H2/p+2. The first kappa shape index (κ1) is 5.66. The number of hydrogen-bond donors (Lipinski definition) is 2. The highest BCUT2D eigenvalue weighted by Crippen LogP contribution is 1.55. The molecule has 0 aliphatic carbocycles. The molecule has 0 aromatic rings. The van der Waals surface area contributed by atoms with Gasteiger partial charge in [0.2, 0.25) is 0 Å². The first-order chi connectivity index (χ1) is 2.91. The summed E-state index contributed by atoms with van der Waals surface area (Å²) in [5.41, 5.74) is 7.22. The smallest absolute Gasteiger partial charge is 0.0929 e. The average Bonchev–Trinajstić information content (AvgIpc) is 1.61. The number of hydrogen-bond acceptors (Lipinski definition) is 0. The fourth-order valence-electron chi connectivity index (χ4n) is 0.236. The molecule has 0 amide bonds. The van der Waals surface area contributed by atoms with Gasteiger partial charge in [-0.15, -0.1) is 0 Å². The van der Waals surface area contributed by atoms with Crippen LogP contribution in [0.15, 0.2) is 12.2 Å². The van der Waals surface area contributed by atoms with E-state index in [1.54, 1.807) is 0 Å². The summed E-state index contributed by atoms with van der Waals surface area (Å²) in [4.78, 5) is 0. The highest BCUT2D eigenvalue weighted by Gasteiger charge is 1.64. The van der Waals surface area contributed by atoms with E-state index in [-0.39, 0.29) is 0 Å². The van der Waals surface area contributed by atoms with Crippen molar-refractivity contribution in [2.24, 2.45) is 0 Å². The van der Waals surface area contributed by atoms with Gasteiger partial charge in [0.15, 0.2) is 0 Å². The zero-order valence-corrected chi connectivity index (χ0v) is 3.98. The highest BCUT2D eigenvalue weighted by molar-refractivity contribution is 4.77. The Balaban J connectivity index is 2.73. The lowest BCUT2D eigenvalue weighted by molar-refractivity contribution is -0.358. The maximum absolute atomic E-state index is 3.61. The zero-order chi connectivity index (χ0) is 4.83. The Bertz CT molecular complexity index is 34.8. The van der Waals surface area contributed by atoms with Crippen LogP contribution in [0.4, 0.5) is 0 Å². The summed E-state index contributed by atoms with van der Waals surface area (Å²) in [7, 11) is 0. The van der Waals surface area contributed by atoms with E-state index in [0.717, 1.165) is 13.1 Å². The van der Waals surface area contributed by atoms with Crippen molar-refractivity contribution < 1.29 is 11.5 Å². The van der Waals surface area contributed by atoms with Crippen molar-refractivity contribution in [3.63, 3.8) is 0 Å². The first-order valence-corrected chi connectivity index (χ1v) is 2.15. The molecule has 0 saturated heterocycles. The summed E-state index contributed by atoms with van der Waals surface area (Å²) in [6, 6.07) is 0. The molecule has 6 N–H and O–H groups in total. The molecule has 0 spiro atoms. The Morgan fingerprint density at radius 2 is 1.33 bits per heavy atom. The molecule has 0 bridgehead atoms. The van der Waals surface area contributed by atoms with E-state index in [0.29, 0.717) is 0 Å². The van der Waals surface area contributed by atoms with Crippen LogP contribution in [0.2, 0.25) is 0 Å². The van der Waals surface area contributed by atoms with Crippen molar-refractivity contribution in [2.45, 2.75) is 0 Å². The van der Waals surface area contributed by atoms with Gasteiger partial charge in [-0.2, -0.15) is 0 Å². The molecule has 2 heteroatoms. The van der Waals surface area contributed by atoms with E-state index >= 15 is 0 Å². The van der Waals surface area contributed by atoms with Crippen molar-refractivity contribution >= 4 is 0 Å². The highest BCUT2D eigenvalue weighted by atomic mass is 14.5. The number of quaternary nitrogens is 2. The van der Waals surface area contributed by atoms with E-state index in [9.17, 15) is 0 Å². The monoisotopic (exact) mass is 88.1 g/mol. The second-order valence-corrected chi connectivity index (χ2v) is 1.05. The molecular formula is C4H12N2+2. The van der Waals surface area contributed by atoms with Gasteiger partial charge in [0.25, 0.3) is 0 Å². The Morgan fingerprint density at radius 1 is 1.00 bits per heavy atom. The molecule has 0 atom stereocenters. The van der Waals surface area contributed by atoms with Gasteiger partial charge in [-0.25, -0.2) is 0 Å². The molecule has 0 aliphatic heterocycles. The summed E-state index contributed by atoms with van der Waals surface area (Å²) in [6.45, 7) is 1.77. The van der Waals surface area contributed by atoms with Crippen LogP contribution in [0, 0.1) is 0 Å². The second-order valence-electron chi connectivity index (χ2n) is 1.05. The Morgan fingerprint density at radius 3 is 1.50 bits per heavy atom. The Kier molecular flexibility index (Phi) is 4.40. The third-order valence-electron chi connectivity index (χ3n) is 0.500. The molecule has 0 rings (SSSR count). The van der Waals surface area contributed by atoms with Crippen molar-refractivity contribution in [3.05, 3.63) is 12.2 Å². The fraction of sp³-hybridized carbons (Fsp3) is 0.500. The SMILES string of the molecule is [NH3+]CC=CC[NH3+]. The van der Waals surface area contributed by atoms with Crippen LogP contribution in [0.25, 0.3) is 0 Å². The van der Waals surface area contributed by atoms with Gasteiger partial charge in [-0.3, -0.25) is 0 Å². The van der Waals surface area contributed by atoms with E-state index in [4.69, 9.17) is 0 Å². The summed E-state index contributed by atoms with van der Waals surface area (Å²) in [5, 5.41) is 0. The molecular weight excluding hydrogens is 76.1 g/mol. The average molecular weight is 88.2 g/mol. The lowest BCUT2D eigenvalue weighted by Gasteiger charge is -1.69. The van der Waals surface area contributed by atoms with Gasteiger partial charge in [-0.05, 0) is 12.2 Å². The molecule has 0 saturated carbocycles. The van der Waals surface area contributed by atoms with E-state index in [1.807, 2.05) is 12.2 Å². The topological polar surface area (TPSA) is 55.3 Å². The molecule has 0 fully saturated rings. The Hall–Kier alpha value is -0.340. The van der Waals surface area contributed by atoms with Crippen LogP contribution in [0.5, 0.6) is 0 Å². The normalized spacial score (nSPS) is 10.3. The van der Waals surface area contributed by atoms with Crippen LogP contribution >= 0.6 is 0 Å². The fourth-order valence-corrected chi connectivity index (χ4v) is 0.236. The lowest BCUT2D eigenvalue weighted by Crippen LogP contribution is -2.51. The molecule has 0 aromatic heterocycles. The van der Waals surface area contributed by atoms with Crippen LogP contribution in [-0.2, 0) is 0 Å². The van der Waals surface area contributed by atoms with Crippen LogP contribution in [-0.4, -0.2) is 13.1 Å².